The molecule has 2 rings (SSSR count). The predicted molar refractivity (Wildman–Crippen MR) is 47.0 cm³/mol. The second kappa shape index (κ2) is 2.80. The van der Waals surface area contributed by atoms with Crippen LogP contribution in [0.5, 0.6) is 0 Å². The molecule has 0 unspecified atom stereocenters. The first-order valence-corrected chi connectivity index (χ1v) is 4.64. The zero-order valence-electron chi connectivity index (χ0n) is 8.15. The minimum Gasteiger partial charge on any atom is -0.475 e. The fourth-order valence-corrected chi connectivity index (χ4v) is 1.69. The first-order chi connectivity index (χ1) is 6.56. The molecule has 1 saturated carbocycles. The highest BCUT2D eigenvalue weighted by atomic mass is 16.5. The van der Waals surface area contributed by atoms with Crippen LogP contribution in [0.15, 0.2) is 4.52 Å². The average molecular weight is 196 g/mol. The number of rotatable bonds is 3. The van der Waals surface area contributed by atoms with Crippen LogP contribution in [0.4, 0.5) is 0 Å². The minimum atomic E-state index is -1.14. The van der Waals surface area contributed by atoms with E-state index in [1.54, 1.807) is 0 Å². The summed E-state index contributed by atoms with van der Waals surface area (Å²) in [6.45, 7) is 4.16. The van der Waals surface area contributed by atoms with Gasteiger partial charge in [-0.2, -0.15) is 4.98 Å². The number of carbonyl (C=O) groups is 1. The molecule has 1 aromatic rings. The summed E-state index contributed by atoms with van der Waals surface area (Å²) in [5.74, 6) is -0.499. The van der Waals surface area contributed by atoms with Gasteiger partial charge in [-0.3, -0.25) is 0 Å². The molecule has 1 heterocycles. The third-order valence-corrected chi connectivity index (χ3v) is 2.94. The van der Waals surface area contributed by atoms with Crippen molar-refractivity contribution in [3.05, 3.63) is 11.7 Å². The number of carboxylic acid groups (broad SMARTS) is 1. The molecule has 1 N–H and O–H groups in total. The van der Waals surface area contributed by atoms with E-state index in [-0.39, 0.29) is 11.2 Å². The average Bonchev–Trinajstić information content (AvgIpc) is 2.77. The summed E-state index contributed by atoms with van der Waals surface area (Å²) in [4.78, 5) is 14.4. The van der Waals surface area contributed by atoms with Crippen molar-refractivity contribution in [2.24, 2.45) is 5.92 Å². The zero-order valence-corrected chi connectivity index (χ0v) is 8.15. The van der Waals surface area contributed by atoms with E-state index in [2.05, 4.69) is 24.0 Å². The molecule has 0 radical (unpaired) electrons. The molecular formula is C9H12N2O3. The Kier molecular flexibility index (Phi) is 1.83. The minimum absolute atomic E-state index is 0.0549. The maximum atomic E-state index is 10.5. The van der Waals surface area contributed by atoms with E-state index in [1.165, 1.54) is 0 Å². The van der Waals surface area contributed by atoms with Gasteiger partial charge in [-0.25, -0.2) is 4.79 Å². The molecule has 1 aromatic heterocycles. The Morgan fingerprint density at radius 3 is 2.57 bits per heavy atom. The number of hydrogen-bond donors (Lipinski definition) is 1. The number of carboxylic acids is 1. The Bertz CT molecular complexity index is 366. The van der Waals surface area contributed by atoms with Gasteiger partial charge in [0.2, 0.25) is 5.89 Å². The lowest BCUT2D eigenvalue weighted by atomic mass is 9.92. The molecule has 1 aliphatic rings. The van der Waals surface area contributed by atoms with E-state index in [9.17, 15) is 4.79 Å². The highest BCUT2D eigenvalue weighted by Gasteiger charge is 2.51. The second-order valence-corrected chi connectivity index (χ2v) is 4.04. The van der Waals surface area contributed by atoms with Gasteiger partial charge < -0.3 is 9.63 Å². The van der Waals surface area contributed by atoms with Crippen LogP contribution in [0.3, 0.4) is 0 Å². The quantitative estimate of drug-likeness (QED) is 0.791. The topological polar surface area (TPSA) is 76.2 Å². The standard InChI is InChI=1S/C9H12N2O3/c1-5(2)9(3-4-9)8-10-6(7(12)13)11-14-8/h5H,3-4H2,1-2H3,(H,12,13). The van der Waals surface area contributed by atoms with Gasteiger partial charge in [-0.1, -0.05) is 13.8 Å². The number of aromatic carboxylic acids is 1. The fraction of sp³-hybridized carbons (Fsp3) is 0.667. The SMILES string of the molecule is CC(C)C1(c2nc(C(=O)O)no2)CC1. The van der Waals surface area contributed by atoms with E-state index in [0.717, 1.165) is 12.8 Å². The Balaban J connectivity index is 2.29. The zero-order chi connectivity index (χ0) is 10.3. The summed E-state index contributed by atoms with van der Waals surface area (Å²) in [5.41, 5.74) is -0.0549. The molecule has 76 valence electrons. The molecule has 0 aromatic carbocycles. The normalized spacial score (nSPS) is 18.5. The van der Waals surface area contributed by atoms with Crippen molar-refractivity contribution >= 4 is 5.97 Å². The van der Waals surface area contributed by atoms with E-state index < -0.39 is 5.97 Å². The Labute approximate surface area is 81.1 Å². The van der Waals surface area contributed by atoms with Crippen LogP contribution in [0.2, 0.25) is 0 Å². The van der Waals surface area contributed by atoms with Gasteiger partial charge in [0, 0.05) is 0 Å². The van der Waals surface area contributed by atoms with Gasteiger partial charge in [0.05, 0.1) is 5.41 Å². The molecule has 1 aliphatic carbocycles. The Hall–Kier alpha value is -1.39. The third kappa shape index (κ3) is 1.20. The predicted octanol–water partition coefficient (Wildman–Crippen LogP) is 1.46. The largest absolute Gasteiger partial charge is 0.475 e. The molecular weight excluding hydrogens is 184 g/mol. The highest BCUT2D eigenvalue weighted by molar-refractivity contribution is 5.82. The van der Waals surface area contributed by atoms with Crippen molar-refractivity contribution in [1.29, 1.82) is 0 Å². The van der Waals surface area contributed by atoms with E-state index in [4.69, 9.17) is 9.63 Å². The number of aromatic nitrogens is 2. The number of nitrogens with zero attached hydrogens (tertiary/aromatic N) is 2. The molecule has 0 aliphatic heterocycles. The lowest BCUT2D eigenvalue weighted by Crippen LogP contribution is -2.15. The van der Waals surface area contributed by atoms with Gasteiger partial charge in [0.15, 0.2) is 0 Å². The molecule has 0 atom stereocenters. The molecule has 5 nitrogen and oxygen atoms in total. The number of hydrogen-bond acceptors (Lipinski definition) is 4. The summed E-state index contributed by atoms with van der Waals surface area (Å²) in [5, 5.41) is 12.1. The van der Waals surface area contributed by atoms with Crippen LogP contribution < -0.4 is 0 Å². The van der Waals surface area contributed by atoms with Crippen molar-refractivity contribution < 1.29 is 14.4 Å². The summed E-state index contributed by atoms with van der Waals surface area (Å²) < 4.78 is 4.97. The lowest BCUT2D eigenvalue weighted by molar-refractivity contribution is 0.0680. The van der Waals surface area contributed by atoms with Crippen LogP contribution >= 0.6 is 0 Å². The summed E-state index contributed by atoms with van der Waals surface area (Å²) in [6, 6.07) is 0. The van der Waals surface area contributed by atoms with Gasteiger partial charge in [-0.15, -0.1) is 0 Å². The van der Waals surface area contributed by atoms with Crippen molar-refractivity contribution in [2.45, 2.75) is 32.1 Å². The van der Waals surface area contributed by atoms with Crippen molar-refractivity contribution in [1.82, 2.24) is 10.1 Å². The second-order valence-electron chi connectivity index (χ2n) is 4.04. The van der Waals surface area contributed by atoms with Crippen LogP contribution in [0.25, 0.3) is 0 Å². The van der Waals surface area contributed by atoms with Crippen LogP contribution in [-0.2, 0) is 5.41 Å². The molecule has 1 fully saturated rings. The van der Waals surface area contributed by atoms with E-state index in [0.29, 0.717) is 11.8 Å². The lowest BCUT2D eigenvalue weighted by Gasteiger charge is -2.13. The van der Waals surface area contributed by atoms with E-state index in [1.807, 2.05) is 0 Å². The van der Waals surface area contributed by atoms with Crippen molar-refractivity contribution in [3.63, 3.8) is 0 Å². The highest BCUT2D eigenvalue weighted by Crippen LogP contribution is 2.52. The smallest absolute Gasteiger partial charge is 0.377 e. The molecule has 5 heteroatoms. The molecule has 0 spiro atoms. The molecule has 0 bridgehead atoms. The van der Waals surface area contributed by atoms with Crippen molar-refractivity contribution in [2.75, 3.05) is 0 Å². The Morgan fingerprint density at radius 2 is 2.21 bits per heavy atom. The third-order valence-electron chi connectivity index (χ3n) is 2.94. The van der Waals surface area contributed by atoms with Gasteiger partial charge in [-0.05, 0) is 23.9 Å². The first kappa shape index (κ1) is 9.18. The fourth-order valence-electron chi connectivity index (χ4n) is 1.69. The maximum absolute atomic E-state index is 10.5. The van der Waals surface area contributed by atoms with Crippen molar-refractivity contribution in [3.8, 4) is 0 Å². The monoisotopic (exact) mass is 196 g/mol. The summed E-state index contributed by atoms with van der Waals surface area (Å²) >= 11 is 0. The molecule has 14 heavy (non-hydrogen) atoms. The summed E-state index contributed by atoms with van der Waals surface area (Å²) in [7, 11) is 0. The van der Waals surface area contributed by atoms with Crippen LogP contribution in [0.1, 0.15) is 43.2 Å². The summed E-state index contributed by atoms with van der Waals surface area (Å²) in [6.07, 6.45) is 2.01. The Morgan fingerprint density at radius 1 is 1.57 bits per heavy atom. The van der Waals surface area contributed by atoms with Gasteiger partial charge >= 0.3 is 5.97 Å². The molecule has 0 amide bonds. The van der Waals surface area contributed by atoms with Gasteiger partial charge in [0.25, 0.3) is 5.82 Å². The van der Waals surface area contributed by atoms with Crippen LogP contribution in [-0.4, -0.2) is 21.2 Å². The first-order valence-electron chi connectivity index (χ1n) is 4.64. The van der Waals surface area contributed by atoms with Crippen LogP contribution in [0, 0.1) is 5.92 Å². The van der Waals surface area contributed by atoms with E-state index >= 15 is 0 Å². The maximum Gasteiger partial charge on any atom is 0.377 e. The molecule has 0 saturated heterocycles. The van der Waals surface area contributed by atoms with Gasteiger partial charge in [0.1, 0.15) is 0 Å².